The molecule has 0 atom stereocenters. The van der Waals surface area contributed by atoms with Crippen LogP contribution in [0.1, 0.15) is 69.3 Å². The second-order valence-electron chi connectivity index (χ2n) is 11.5. The molecule has 250 valence electrons. The number of carbonyl (C=O) groups excluding carboxylic acids is 2. The summed E-state index contributed by atoms with van der Waals surface area (Å²) in [5, 5.41) is 33.8. The van der Waals surface area contributed by atoms with Crippen LogP contribution in [0.15, 0.2) is 10.9 Å². The molecule has 4 heterocycles. The molecule has 2 amide bonds. The van der Waals surface area contributed by atoms with Gasteiger partial charge in [0, 0.05) is 51.1 Å². The molecule has 1 aromatic heterocycles. The number of hydrogen-bond donors (Lipinski definition) is 4. The van der Waals surface area contributed by atoms with Gasteiger partial charge in [-0.2, -0.15) is 0 Å². The first-order valence-corrected chi connectivity index (χ1v) is 15.2. The molecule has 2 saturated heterocycles. The number of amides is 2. The Balaban J connectivity index is 0.000000360. The predicted octanol–water partition coefficient (Wildman–Crippen LogP) is 0.201. The number of piperidine rings is 1. The molecule has 0 aromatic carbocycles. The van der Waals surface area contributed by atoms with Crippen LogP contribution in [-0.4, -0.2) is 133 Å². The van der Waals surface area contributed by atoms with E-state index in [1.54, 1.807) is 17.9 Å². The van der Waals surface area contributed by atoms with Crippen molar-refractivity contribution in [2.24, 2.45) is 0 Å². The number of nitrogens with zero attached hydrogens (tertiary/aromatic N) is 5. The van der Waals surface area contributed by atoms with E-state index in [4.69, 9.17) is 30.1 Å². The number of carbonyl (C=O) groups is 5. The highest BCUT2D eigenvalue weighted by Gasteiger charge is 2.40. The van der Waals surface area contributed by atoms with Gasteiger partial charge in [-0.1, -0.05) is 6.42 Å². The van der Waals surface area contributed by atoms with Crippen molar-refractivity contribution in [3.63, 3.8) is 0 Å². The number of likely N-dealkylation sites (tertiary alicyclic amines) is 1. The first-order chi connectivity index (χ1) is 21.3. The van der Waals surface area contributed by atoms with Crippen LogP contribution < -0.4 is 5.56 Å². The summed E-state index contributed by atoms with van der Waals surface area (Å²) in [5.74, 6) is -3.66. The maximum atomic E-state index is 12.8. The van der Waals surface area contributed by atoms with E-state index >= 15 is 0 Å². The second-order valence-corrected chi connectivity index (χ2v) is 11.5. The third-order valence-corrected chi connectivity index (χ3v) is 8.20. The van der Waals surface area contributed by atoms with Crippen LogP contribution in [0.2, 0.25) is 0 Å². The van der Waals surface area contributed by atoms with Crippen LogP contribution in [0.3, 0.4) is 0 Å². The third-order valence-electron chi connectivity index (χ3n) is 8.20. The Morgan fingerprint density at radius 2 is 1.49 bits per heavy atom. The molecule has 4 N–H and O–H groups in total. The number of hydrogen-bond acceptors (Lipinski definition) is 10. The molecule has 3 aliphatic heterocycles. The topological polar surface area (TPSA) is 220 Å². The molecule has 0 bridgehead atoms. The predicted molar refractivity (Wildman–Crippen MR) is 157 cm³/mol. The van der Waals surface area contributed by atoms with E-state index < -0.39 is 36.4 Å². The molecular weight excluding hydrogens is 594 g/mol. The van der Waals surface area contributed by atoms with Crippen molar-refractivity contribution in [3.05, 3.63) is 27.9 Å². The van der Waals surface area contributed by atoms with Crippen molar-refractivity contribution in [1.29, 1.82) is 0 Å². The first kappa shape index (κ1) is 35.4. The van der Waals surface area contributed by atoms with Crippen LogP contribution in [0.25, 0.3) is 0 Å². The van der Waals surface area contributed by atoms with Crippen molar-refractivity contribution >= 4 is 29.9 Å². The lowest BCUT2D eigenvalue weighted by molar-refractivity contribution is -0.170. The van der Waals surface area contributed by atoms with Crippen LogP contribution in [0, 0.1) is 0 Å². The summed E-state index contributed by atoms with van der Waals surface area (Å²) < 4.78 is 6.89. The fraction of sp³-hybridized carbons (Fsp3) is 0.690. The molecule has 0 spiro atoms. The first-order valence-electron chi connectivity index (χ1n) is 15.2. The Morgan fingerprint density at radius 3 is 2.04 bits per heavy atom. The maximum absolute atomic E-state index is 12.8. The Morgan fingerprint density at radius 1 is 0.889 bits per heavy atom. The number of piperazine rings is 1. The van der Waals surface area contributed by atoms with Gasteiger partial charge in [-0.05, 0) is 45.7 Å². The average molecular weight is 638 g/mol. The summed E-state index contributed by atoms with van der Waals surface area (Å²) >= 11 is 0. The molecule has 16 heteroatoms. The van der Waals surface area contributed by atoms with Crippen LogP contribution >= 0.6 is 0 Å². The zero-order valence-corrected chi connectivity index (χ0v) is 25.6. The van der Waals surface area contributed by atoms with Gasteiger partial charge in [0.25, 0.3) is 5.56 Å². The van der Waals surface area contributed by atoms with Gasteiger partial charge < -0.3 is 35.0 Å². The summed E-state index contributed by atoms with van der Waals surface area (Å²) in [5.41, 5.74) is -1.71. The van der Waals surface area contributed by atoms with E-state index in [1.165, 1.54) is 0 Å². The number of aromatic nitrogens is 2. The van der Waals surface area contributed by atoms with Crippen molar-refractivity contribution in [3.8, 4) is 0 Å². The number of aliphatic hydroxyl groups is 1. The molecule has 0 unspecified atom stereocenters. The van der Waals surface area contributed by atoms with Gasteiger partial charge in [0.1, 0.15) is 5.82 Å². The van der Waals surface area contributed by atoms with Crippen molar-refractivity contribution < 1.29 is 49.1 Å². The van der Waals surface area contributed by atoms with Crippen LogP contribution in [-0.2, 0) is 36.9 Å². The van der Waals surface area contributed by atoms with E-state index in [1.807, 2.05) is 9.47 Å². The number of fused-ring (bicyclic) bond motifs is 1. The number of carboxylic acids is 3. The highest BCUT2D eigenvalue weighted by atomic mass is 16.6. The minimum absolute atomic E-state index is 0.0893. The molecule has 45 heavy (non-hydrogen) atoms. The fourth-order valence-electron chi connectivity index (χ4n) is 5.69. The van der Waals surface area contributed by atoms with Gasteiger partial charge in [-0.25, -0.2) is 14.6 Å². The lowest BCUT2D eigenvalue weighted by atomic mass is 9.93. The van der Waals surface area contributed by atoms with E-state index in [0.717, 1.165) is 69.7 Å². The standard InChI is InChI=1S/C23H35N5O4.C6H8O7/c1-2-32-23(31)27-14-12-26(13-15-27)22(30)17-25-10-7-18(8-11-25)19-16-21(29)28-9-5-3-4-6-20(28)24-19;7-3(8)1-6(13,5(11)12)2-4(9)10/h16,18H,2-15,17H2,1H3;13H,1-2H2,(H,7,8)(H,9,10)(H,11,12). The molecule has 16 nitrogen and oxygen atoms in total. The average Bonchev–Trinajstić information content (AvgIpc) is 3.23. The molecule has 0 saturated carbocycles. The van der Waals surface area contributed by atoms with Gasteiger partial charge >= 0.3 is 24.0 Å². The summed E-state index contributed by atoms with van der Waals surface area (Å²) in [6.45, 7) is 7.17. The van der Waals surface area contributed by atoms with Gasteiger partial charge in [0.15, 0.2) is 5.60 Å². The SMILES string of the molecule is CCOC(=O)N1CCN(C(=O)CN2CCC(c3cc(=O)n4c(n3)CCCCC4)CC2)CC1.O=C(O)CC(O)(CC(=O)O)C(=O)O. The Hall–Kier alpha value is -4.05. The Bertz CT molecular complexity index is 1270. The maximum Gasteiger partial charge on any atom is 0.409 e. The van der Waals surface area contributed by atoms with Crippen molar-refractivity contribution in [2.75, 3.05) is 52.4 Å². The highest BCUT2D eigenvalue weighted by molar-refractivity contribution is 5.88. The fourth-order valence-corrected chi connectivity index (χ4v) is 5.69. The number of aliphatic carboxylic acids is 3. The van der Waals surface area contributed by atoms with E-state index in [-0.39, 0.29) is 23.5 Å². The van der Waals surface area contributed by atoms with Gasteiger partial charge in [0.05, 0.1) is 31.7 Å². The lowest BCUT2D eigenvalue weighted by Gasteiger charge is -2.36. The summed E-state index contributed by atoms with van der Waals surface area (Å²) in [4.78, 5) is 78.2. The molecule has 3 aliphatic rings. The number of ether oxygens (including phenoxy) is 1. The summed E-state index contributed by atoms with van der Waals surface area (Å²) in [6.07, 6.45) is 3.45. The second kappa shape index (κ2) is 16.3. The molecule has 1 aromatic rings. The smallest absolute Gasteiger partial charge is 0.409 e. The van der Waals surface area contributed by atoms with Gasteiger partial charge in [-0.15, -0.1) is 0 Å². The Kier molecular flexibility index (Phi) is 12.8. The lowest BCUT2D eigenvalue weighted by Crippen LogP contribution is -2.53. The quantitative estimate of drug-likeness (QED) is 0.285. The normalized spacial score (nSPS) is 17.7. The minimum Gasteiger partial charge on any atom is -0.481 e. The zero-order chi connectivity index (χ0) is 33.1. The highest BCUT2D eigenvalue weighted by Crippen LogP contribution is 2.27. The summed E-state index contributed by atoms with van der Waals surface area (Å²) in [7, 11) is 0. The van der Waals surface area contributed by atoms with E-state index in [0.29, 0.717) is 39.3 Å². The molecular formula is C29H43N5O11. The molecule has 0 radical (unpaired) electrons. The Labute approximate surface area is 260 Å². The number of aryl methyl sites for hydroxylation is 1. The largest absolute Gasteiger partial charge is 0.481 e. The summed E-state index contributed by atoms with van der Waals surface area (Å²) in [6, 6.07) is 1.74. The molecule has 2 fully saturated rings. The number of rotatable bonds is 9. The molecule has 4 rings (SSSR count). The van der Waals surface area contributed by atoms with E-state index in [9.17, 15) is 28.8 Å². The third kappa shape index (κ3) is 10.2. The van der Waals surface area contributed by atoms with Gasteiger partial charge in [0.2, 0.25) is 5.91 Å². The van der Waals surface area contributed by atoms with Crippen LogP contribution in [0.5, 0.6) is 0 Å². The van der Waals surface area contributed by atoms with Gasteiger partial charge in [-0.3, -0.25) is 28.6 Å². The monoisotopic (exact) mass is 637 g/mol. The minimum atomic E-state index is -2.74. The number of carboxylic acid groups (broad SMARTS) is 3. The van der Waals surface area contributed by atoms with Crippen molar-refractivity contribution in [1.82, 2.24) is 24.3 Å². The van der Waals surface area contributed by atoms with E-state index in [2.05, 4.69) is 4.90 Å². The van der Waals surface area contributed by atoms with Crippen LogP contribution in [0.4, 0.5) is 4.79 Å². The van der Waals surface area contributed by atoms with Crippen molar-refractivity contribution in [2.45, 2.75) is 76.4 Å². The zero-order valence-electron chi connectivity index (χ0n) is 25.6. The molecule has 0 aliphatic carbocycles.